The second-order valence-corrected chi connectivity index (χ2v) is 16.6. The molecule has 0 fully saturated rings. The largest absolute Gasteiger partial charge is 0.309 e. The topological polar surface area (TPSA) is 35.6 Å². The van der Waals surface area contributed by atoms with Crippen LogP contribution in [0, 0.1) is 0 Å². The fraction of sp³-hybridized carbons (Fsp3) is 0. The molecule has 0 N–H and O–H groups in total. The molecule has 0 saturated heterocycles. The summed E-state index contributed by atoms with van der Waals surface area (Å²) in [6, 6.07) is 82.7. The standard InChI is InChI=1S/C60H38N4/c1-4-13-39(14-5-1)41-23-27-43(28-24-41)52-38-53(44-29-25-42(26-30-44)40-15-6-2-7-16-40)62-60(61-52)64-55-22-12-17-45-31-32-47-35-48(37-57(64)59(47)58(45)55)46-33-34-51-50-20-10-11-21-54(50)63(56(51)36-46)49-18-8-3-9-19-49/h1-38H. The first kappa shape index (κ1) is 36.1. The van der Waals surface area contributed by atoms with Crippen molar-refractivity contribution >= 4 is 54.4 Å². The van der Waals surface area contributed by atoms with Crippen molar-refractivity contribution in [2.75, 3.05) is 0 Å². The highest BCUT2D eigenvalue weighted by atomic mass is 15.2. The van der Waals surface area contributed by atoms with E-state index >= 15 is 0 Å². The Bertz CT molecular complexity index is 3750. The average Bonchev–Trinajstić information content (AvgIpc) is 3.89. The predicted molar refractivity (Wildman–Crippen MR) is 267 cm³/mol. The molecule has 0 aliphatic carbocycles. The van der Waals surface area contributed by atoms with Gasteiger partial charge in [0.05, 0.1) is 33.5 Å². The monoisotopic (exact) mass is 814 g/mol. The van der Waals surface area contributed by atoms with Crippen LogP contribution in [0.4, 0.5) is 0 Å². The molecule has 0 aliphatic heterocycles. The molecule has 0 unspecified atom stereocenters. The molecule has 298 valence electrons. The van der Waals surface area contributed by atoms with Gasteiger partial charge in [0.15, 0.2) is 0 Å². The Kier molecular flexibility index (Phi) is 8.18. The first-order valence-corrected chi connectivity index (χ1v) is 21.8. The van der Waals surface area contributed by atoms with Crippen molar-refractivity contribution in [1.29, 1.82) is 0 Å². The van der Waals surface area contributed by atoms with Crippen LogP contribution in [0.5, 0.6) is 0 Å². The van der Waals surface area contributed by atoms with Gasteiger partial charge in [-0.1, -0.05) is 182 Å². The minimum Gasteiger partial charge on any atom is -0.309 e. The number of hydrogen-bond acceptors (Lipinski definition) is 2. The summed E-state index contributed by atoms with van der Waals surface area (Å²) in [7, 11) is 0. The van der Waals surface area contributed by atoms with Gasteiger partial charge in [0, 0.05) is 38.4 Å². The zero-order valence-electron chi connectivity index (χ0n) is 34.7. The summed E-state index contributed by atoms with van der Waals surface area (Å²) in [6.07, 6.45) is 0. The highest BCUT2D eigenvalue weighted by molar-refractivity contribution is 6.25. The van der Waals surface area contributed by atoms with Crippen LogP contribution in [-0.2, 0) is 0 Å². The number of hydrogen-bond donors (Lipinski definition) is 0. The zero-order chi connectivity index (χ0) is 42.1. The molecule has 4 nitrogen and oxygen atoms in total. The molecular weight excluding hydrogens is 777 g/mol. The van der Waals surface area contributed by atoms with Gasteiger partial charge >= 0.3 is 0 Å². The molecular formula is C60H38N4. The van der Waals surface area contributed by atoms with Gasteiger partial charge in [-0.05, 0) is 92.7 Å². The normalized spacial score (nSPS) is 11.8. The summed E-state index contributed by atoms with van der Waals surface area (Å²) in [5, 5.41) is 7.28. The van der Waals surface area contributed by atoms with Gasteiger partial charge in [0.2, 0.25) is 5.95 Å². The van der Waals surface area contributed by atoms with Crippen LogP contribution < -0.4 is 0 Å². The van der Waals surface area contributed by atoms with E-state index in [9.17, 15) is 0 Å². The lowest BCUT2D eigenvalue weighted by atomic mass is 9.97. The van der Waals surface area contributed by atoms with E-state index in [-0.39, 0.29) is 0 Å². The van der Waals surface area contributed by atoms with Crippen LogP contribution in [0.3, 0.4) is 0 Å². The average molecular weight is 815 g/mol. The van der Waals surface area contributed by atoms with Gasteiger partial charge in [-0.25, -0.2) is 9.97 Å². The van der Waals surface area contributed by atoms with Crippen LogP contribution >= 0.6 is 0 Å². The van der Waals surface area contributed by atoms with E-state index in [4.69, 9.17) is 9.97 Å². The van der Waals surface area contributed by atoms with E-state index in [1.54, 1.807) is 0 Å². The van der Waals surface area contributed by atoms with Crippen molar-refractivity contribution in [3.05, 3.63) is 231 Å². The van der Waals surface area contributed by atoms with Gasteiger partial charge in [0.1, 0.15) is 0 Å². The third kappa shape index (κ3) is 5.84. The molecule has 0 spiro atoms. The maximum absolute atomic E-state index is 5.46. The van der Waals surface area contributed by atoms with Gasteiger partial charge in [-0.15, -0.1) is 0 Å². The van der Waals surface area contributed by atoms with Crippen LogP contribution in [0.15, 0.2) is 231 Å². The summed E-state index contributed by atoms with van der Waals surface area (Å²) in [5.41, 5.74) is 16.4. The Morgan fingerprint density at radius 2 is 0.766 bits per heavy atom. The van der Waals surface area contributed by atoms with Crippen LogP contribution in [0.2, 0.25) is 0 Å². The molecule has 0 amide bonds. The van der Waals surface area contributed by atoms with Crippen LogP contribution in [0.25, 0.3) is 122 Å². The molecule has 13 aromatic rings. The van der Waals surface area contributed by atoms with Crippen molar-refractivity contribution in [3.63, 3.8) is 0 Å². The summed E-state index contributed by atoms with van der Waals surface area (Å²) in [6.45, 7) is 0. The lowest BCUT2D eigenvalue weighted by Gasteiger charge is -2.13. The third-order valence-electron chi connectivity index (χ3n) is 12.9. The van der Waals surface area contributed by atoms with E-state index in [1.807, 2.05) is 0 Å². The molecule has 0 saturated carbocycles. The molecule has 0 radical (unpaired) electrons. The zero-order valence-corrected chi connectivity index (χ0v) is 34.7. The fourth-order valence-corrected chi connectivity index (χ4v) is 9.84. The maximum atomic E-state index is 5.46. The first-order valence-electron chi connectivity index (χ1n) is 21.8. The van der Waals surface area contributed by atoms with E-state index in [0.29, 0.717) is 5.95 Å². The highest BCUT2D eigenvalue weighted by Crippen LogP contribution is 2.43. The minimum atomic E-state index is 0.633. The Labute approximate surface area is 369 Å². The summed E-state index contributed by atoms with van der Waals surface area (Å²) in [4.78, 5) is 10.9. The molecule has 3 heterocycles. The van der Waals surface area contributed by atoms with Crippen LogP contribution in [-0.4, -0.2) is 19.1 Å². The Hall–Kier alpha value is -8.60. The first-order chi connectivity index (χ1) is 31.7. The number of fused-ring (bicyclic) bond motifs is 3. The maximum Gasteiger partial charge on any atom is 0.235 e. The Balaban J connectivity index is 1.03. The third-order valence-corrected chi connectivity index (χ3v) is 12.9. The quantitative estimate of drug-likeness (QED) is 0.150. The lowest BCUT2D eigenvalue weighted by Crippen LogP contribution is -2.04. The number of aromatic nitrogens is 4. The fourth-order valence-electron chi connectivity index (χ4n) is 9.84. The Morgan fingerprint density at radius 3 is 1.44 bits per heavy atom. The van der Waals surface area contributed by atoms with Gasteiger partial charge in [-0.2, -0.15) is 0 Å². The summed E-state index contributed by atoms with van der Waals surface area (Å²) >= 11 is 0. The molecule has 64 heavy (non-hydrogen) atoms. The SMILES string of the molecule is c1ccc(-c2ccc(-c3cc(-c4ccc(-c5ccccc5)cc4)nc(-n4c5cccc6ccc7cc(-c8ccc9c%10ccccc%10n(-c%10ccccc%10)c9c8)cc4c7c65)n3)cc2)cc1. The molecule has 13 rings (SSSR count). The molecule has 0 aliphatic rings. The lowest BCUT2D eigenvalue weighted by molar-refractivity contribution is 0.996. The molecule has 0 bridgehead atoms. The molecule has 10 aromatic carbocycles. The van der Waals surface area contributed by atoms with Crippen molar-refractivity contribution in [1.82, 2.24) is 19.1 Å². The second kappa shape index (κ2) is 14.5. The van der Waals surface area contributed by atoms with E-state index < -0.39 is 0 Å². The number of rotatable bonds is 7. The molecule has 0 atom stereocenters. The number of nitrogens with zero attached hydrogens (tertiary/aromatic N) is 4. The molecule has 4 heteroatoms. The summed E-state index contributed by atoms with van der Waals surface area (Å²) < 4.78 is 4.68. The summed E-state index contributed by atoms with van der Waals surface area (Å²) in [5.74, 6) is 0.633. The predicted octanol–water partition coefficient (Wildman–Crippen LogP) is 15.6. The molecule has 3 aromatic heterocycles. The van der Waals surface area contributed by atoms with Crippen molar-refractivity contribution in [2.45, 2.75) is 0 Å². The van der Waals surface area contributed by atoms with Crippen LogP contribution in [0.1, 0.15) is 0 Å². The smallest absolute Gasteiger partial charge is 0.235 e. The van der Waals surface area contributed by atoms with Gasteiger partial charge in [0.25, 0.3) is 0 Å². The van der Waals surface area contributed by atoms with Crippen molar-refractivity contribution < 1.29 is 0 Å². The second-order valence-electron chi connectivity index (χ2n) is 16.6. The number of para-hydroxylation sites is 2. The van der Waals surface area contributed by atoms with Gasteiger partial charge < -0.3 is 4.57 Å². The Morgan fingerprint density at radius 1 is 0.266 bits per heavy atom. The van der Waals surface area contributed by atoms with Crippen molar-refractivity contribution in [2.24, 2.45) is 0 Å². The van der Waals surface area contributed by atoms with E-state index in [0.717, 1.165) is 50.4 Å². The van der Waals surface area contributed by atoms with Crippen molar-refractivity contribution in [3.8, 4) is 67.5 Å². The highest BCUT2D eigenvalue weighted by Gasteiger charge is 2.22. The van der Waals surface area contributed by atoms with E-state index in [1.165, 1.54) is 65.6 Å². The van der Waals surface area contributed by atoms with Gasteiger partial charge in [-0.3, -0.25) is 4.57 Å². The van der Waals surface area contributed by atoms with E-state index in [2.05, 4.69) is 240 Å². The minimum absolute atomic E-state index is 0.633. The number of benzene rings is 10.